The van der Waals surface area contributed by atoms with E-state index in [0.29, 0.717) is 16.5 Å². The molecule has 2 aromatic rings. The van der Waals surface area contributed by atoms with Gasteiger partial charge >= 0.3 is 0 Å². The number of fused-ring (bicyclic) bond motifs is 1. The van der Waals surface area contributed by atoms with Crippen LogP contribution in [0.5, 0.6) is 0 Å². The van der Waals surface area contributed by atoms with Gasteiger partial charge in [-0.15, -0.1) is 0 Å². The Kier molecular flexibility index (Phi) is 4.86. The van der Waals surface area contributed by atoms with Crippen LogP contribution in [0.25, 0.3) is 11.6 Å². The lowest BCUT2D eigenvalue weighted by Crippen LogP contribution is -2.45. The van der Waals surface area contributed by atoms with Crippen molar-refractivity contribution >= 4 is 28.9 Å². The SMILES string of the molecule is Cc1cc2c(cc1/C=C(/C#N)c1ccc(Cl)cc1)[C@H](C)CC(C)(C)N2C. The van der Waals surface area contributed by atoms with Crippen LogP contribution in [0.1, 0.15) is 55.4 Å². The Labute approximate surface area is 161 Å². The number of rotatable bonds is 2. The molecule has 0 saturated carbocycles. The molecule has 26 heavy (non-hydrogen) atoms. The fourth-order valence-electron chi connectivity index (χ4n) is 3.86. The van der Waals surface area contributed by atoms with Gasteiger partial charge < -0.3 is 4.90 Å². The van der Waals surface area contributed by atoms with Crippen molar-refractivity contribution in [3.8, 4) is 6.07 Å². The summed E-state index contributed by atoms with van der Waals surface area (Å²) in [4.78, 5) is 2.38. The molecule has 3 rings (SSSR count). The van der Waals surface area contributed by atoms with Crippen LogP contribution in [0.3, 0.4) is 0 Å². The zero-order valence-corrected chi connectivity index (χ0v) is 16.9. The minimum Gasteiger partial charge on any atom is -0.369 e. The molecule has 0 spiro atoms. The second-order valence-electron chi connectivity index (χ2n) is 7.92. The molecule has 0 unspecified atom stereocenters. The maximum atomic E-state index is 9.64. The largest absolute Gasteiger partial charge is 0.369 e. The van der Waals surface area contributed by atoms with Gasteiger partial charge in [-0.1, -0.05) is 30.7 Å². The topological polar surface area (TPSA) is 27.0 Å². The van der Waals surface area contributed by atoms with Crippen molar-refractivity contribution in [3.63, 3.8) is 0 Å². The highest BCUT2D eigenvalue weighted by molar-refractivity contribution is 6.30. The minimum absolute atomic E-state index is 0.150. The first-order valence-electron chi connectivity index (χ1n) is 8.99. The van der Waals surface area contributed by atoms with Crippen LogP contribution in [0.2, 0.25) is 5.02 Å². The van der Waals surface area contributed by atoms with Crippen LogP contribution in [-0.4, -0.2) is 12.6 Å². The number of aryl methyl sites for hydroxylation is 1. The maximum absolute atomic E-state index is 9.64. The van der Waals surface area contributed by atoms with Gasteiger partial charge in [0.05, 0.1) is 11.6 Å². The Bertz CT molecular complexity index is 901. The van der Waals surface area contributed by atoms with Crippen molar-refractivity contribution < 1.29 is 0 Å². The second kappa shape index (κ2) is 6.82. The lowest BCUT2D eigenvalue weighted by Gasteiger charge is -2.45. The van der Waals surface area contributed by atoms with Gasteiger partial charge in [0.15, 0.2) is 0 Å². The van der Waals surface area contributed by atoms with Crippen molar-refractivity contribution in [1.29, 1.82) is 5.26 Å². The average Bonchev–Trinajstić information content (AvgIpc) is 2.59. The van der Waals surface area contributed by atoms with Crippen LogP contribution < -0.4 is 4.90 Å². The number of anilines is 1. The zero-order chi connectivity index (χ0) is 19.1. The van der Waals surface area contributed by atoms with Gasteiger partial charge in [-0.05, 0) is 85.7 Å². The first-order chi connectivity index (χ1) is 12.2. The molecule has 134 valence electrons. The molecule has 2 nitrogen and oxygen atoms in total. The third-order valence-electron chi connectivity index (χ3n) is 5.60. The molecule has 1 atom stereocenters. The van der Waals surface area contributed by atoms with Crippen molar-refractivity contribution in [2.45, 2.75) is 45.6 Å². The van der Waals surface area contributed by atoms with E-state index in [1.165, 1.54) is 16.8 Å². The Hall–Kier alpha value is -2.24. The number of hydrogen-bond acceptors (Lipinski definition) is 2. The Morgan fingerprint density at radius 3 is 2.54 bits per heavy atom. The standard InChI is InChI=1S/C23H25ClN2/c1-15-10-22-21(16(2)13-23(3,4)26(22)5)12-18(15)11-19(14-25)17-6-8-20(24)9-7-17/h6-12,16H,13H2,1-5H3/b19-11-/t16-/m1/s1. The molecule has 0 amide bonds. The predicted octanol–water partition coefficient (Wildman–Crippen LogP) is 6.43. The van der Waals surface area contributed by atoms with Crippen LogP contribution in [0.15, 0.2) is 36.4 Å². The maximum Gasteiger partial charge on any atom is 0.0998 e. The highest BCUT2D eigenvalue weighted by Crippen LogP contribution is 2.43. The van der Waals surface area contributed by atoms with Gasteiger partial charge in [-0.25, -0.2) is 0 Å². The van der Waals surface area contributed by atoms with Gasteiger partial charge in [0.25, 0.3) is 0 Å². The van der Waals surface area contributed by atoms with E-state index in [-0.39, 0.29) is 5.54 Å². The molecular formula is C23H25ClN2. The number of halogens is 1. The van der Waals surface area contributed by atoms with Gasteiger partial charge in [0.2, 0.25) is 0 Å². The van der Waals surface area contributed by atoms with Gasteiger partial charge in [-0.2, -0.15) is 5.26 Å². The lowest BCUT2D eigenvalue weighted by molar-refractivity contribution is 0.395. The van der Waals surface area contributed by atoms with Crippen LogP contribution >= 0.6 is 11.6 Å². The van der Waals surface area contributed by atoms with E-state index in [0.717, 1.165) is 17.5 Å². The summed E-state index contributed by atoms with van der Waals surface area (Å²) < 4.78 is 0. The second-order valence-corrected chi connectivity index (χ2v) is 8.36. The summed E-state index contributed by atoms with van der Waals surface area (Å²) in [6.07, 6.45) is 3.11. The number of allylic oxidation sites excluding steroid dienone is 1. The molecule has 0 fully saturated rings. The van der Waals surface area contributed by atoms with E-state index >= 15 is 0 Å². The van der Waals surface area contributed by atoms with Crippen LogP contribution in [0.4, 0.5) is 5.69 Å². The third-order valence-corrected chi connectivity index (χ3v) is 5.85. The summed E-state index contributed by atoms with van der Waals surface area (Å²) in [5.41, 5.74) is 6.64. The van der Waals surface area contributed by atoms with Gasteiger partial charge in [0.1, 0.15) is 0 Å². The van der Waals surface area contributed by atoms with E-state index in [1.54, 1.807) is 0 Å². The number of nitrogens with zero attached hydrogens (tertiary/aromatic N) is 2. The van der Waals surface area contributed by atoms with Crippen LogP contribution in [-0.2, 0) is 0 Å². The summed E-state index contributed by atoms with van der Waals surface area (Å²) in [6.45, 7) is 9.00. The average molecular weight is 365 g/mol. The number of nitriles is 1. The van der Waals surface area contributed by atoms with Gasteiger partial charge in [0, 0.05) is 23.3 Å². The fourth-order valence-corrected chi connectivity index (χ4v) is 3.98. The molecule has 0 N–H and O–H groups in total. The first kappa shape index (κ1) is 18.5. The molecule has 3 heteroatoms. The highest BCUT2D eigenvalue weighted by Gasteiger charge is 2.34. The fraction of sp³-hybridized carbons (Fsp3) is 0.348. The van der Waals surface area contributed by atoms with E-state index in [1.807, 2.05) is 30.3 Å². The van der Waals surface area contributed by atoms with Gasteiger partial charge in [-0.3, -0.25) is 0 Å². The molecule has 0 aliphatic carbocycles. The quantitative estimate of drug-likeness (QED) is 0.453. The van der Waals surface area contributed by atoms with Crippen LogP contribution in [0, 0.1) is 18.3 Å². The monoisotopic (exact) mass is 364 g/mol. The molecule has 0 radical (unpaired) electrons. The predicted molar refractivity (Wildman–Crippen MR) is 112 cm³/mol. The summed E-state index contributed by atoms with van der Waals surface area (Å²) in [5, 5.41) is 10.3. The number of hydrogen-bond donors (Lipinski definition) is 0. The Morgan fingerprint density at radius 1 is 1.27 bits per heavy atom. The zero-order valence-electron chi connectivity index (χ0n) is 16.1. The summed E-state index contributed by atoms with van der Waals surface area (Å²) in [5.74, 6) is 0.491. The van der Waals surface area contributed by atoms with E-state index in [9.17, 15) is 5.26 Å². The van der Waals surface area contributed by atoms with Crippen molar-refractivity contribution in [3.05, 3.63) is 63.7 Å². The molecule has 0 aromatic heterocycles. The van der Waals surface area contributed by atoms with Crippen molar-refractivity contribution in [1.82, 2.24) is 0 Å². The molecule has 0 bridgehead atoms. The van der Waals surface area contributed by atoms with E-state index in [4.69, 9.17) is 11.6 Å². The third kappa shape index (κ3) is 3.37. The molecule has 1 heterocycles. The highest BCUT2D eigenvalue weighted by atomic mass is 35.5. The first-order valence-corrected chi connectivity index (χ1v) is 9.37. The normalized spacial score (nSPS) is 19.0. The Morgan fingerprint density at radius 2 is 1.92 bits per heavy atom. The van der Waals surface area contributed by atoms with E-state index < -0.39 is 0 Å². The summed E-state index contributed by atoms with van der Waals surface area (Å²) in [7, 11) is 2.17. The lowest BCUT2D eigenvalue weighted by atomic mass is 9.79. The van der Waals surface area contributed by atoms with Crippen molar-refractivity contribution in [2.75, 3.05) is 11.9 Å². The molecule has 1 aliphatic rings. The minimum atomic E-state index is 0.150. The Balaban J connectivity index is 2.08. The smallest absolute Gasteiger partial charge is 0.0998 e. The number of benzene rings is 2. The molecule has 0 saturated heterocycles. The molecule has 1 aliphatic heterocycles. The summed E-state index contributed by atoms with van der Waals surface area (Å²) >= 11 is 5.97. The summed E-state index contributed by atoms with van der Waals surface area (Å²) in [6, 6.07) is 14.3. The molecular weight excluding hydrogens is 340 g/mol. The molecule has 2 aromatic carbocycles. The van der Waals surface area contributed by atoms with Crippen molar-refractivity contribution in [2.24, 2.45) is 0 Å². The van der Waals surface area contributed by atoms with E-state index in [2.05, 4.69) is 57.8 Å².